The molecule has 0 fully saturated rings. The summed E-state index contributed by atoms with van der Waals surface area (Å²) in [6, 6.07) is -0.263. The van der Waals surface area contributed by atoms with Crippen molar-refractivity contribution >= 4 is 11.9 Å². The summed E-state index contributed by atoms with van der Waals surface area (Å²) in [5.41, 5.74) is 0. The molecule has 0 bridgehead atoms. The van der Waals surface area contributed by atoms with Crippen LogP contribution in [0.2, 0.25) is 0 Å². The van der Waals surface area contributed by atoms with E-state index in [1.807, 2.05) is 39.8 Å². The Hall–Kier alpha value is -1.10. The third-order valence-corrected chi connectivity index (χ3v) is 2.57. The van der Waals surface area contributed by atoms with Gasteiger partial charge in [-0.3, -0.25) is 14.5 Å². The Balaban J connectivity index is 4.83. The molecule has 0 saturated heterocycles. The first-order valence-electron chi connectivity index (χ1n) is 5.98. The smallest absolute Gasteiger partial charge is 0.323 e. The van der Waals surface area contributed by atoms with E-state index in [1.165, 1.54) is 4.90 Å². The van der Waals surface area contributed by atoms with Gasteiger partial charge in [-0.25, -0.2) is 0 Å². The van der Waals surface area contributed by atoms with Crippen molar-refractivity contribution in [3.8, 4) is 0 Å². The molecule has 0 aromatic rings. The Morgan fingerprint density at radius 3 is 2.06 bits per heavy atom. The molecule has 5 heteroatoms. The second kappa shape index (κ2) is 7.27. The van der Waals surface area contributed by atoms with Gasteiger partial charge >= 0.3 is 5.97 Å². The lowest BCUT2D eigenvalue weighted by Crippen LogP contribution is -2.50. The van der Waals surface area contributed by atoms with Gasteiger partial charge in [-0.05, 0) is 26.4 Å². The Morgan fingerprint density at radius 1 is 1.24 bits per heavy atom. The first-order chi connectivity index (χ1) is 7.81. The molecule has 0 aliphatic rings. The van der Waals surface area contributed by atoms with Crippen LogP contribution in [0.15, 0.2) is 0 Å². The first-order valence-corrected chi connectivity index (χ1v) is 5.98. The molecule has 0 unspecified atom stereocenters. The van der Waals surface area contributed by atoms with Crippen LogP contribution in [0.5, 0.6) is 0 Å². The third kappa shape index (κ3) is 5.17. The van der Waals surface area contributed by atoms with E-state index < -0.39 is 5.97 Å². The molecule has 100 valence electrons. The number of likely N-dealkylation sites (N-methyl/N-ethyl adjacent to an activating group) is 1. The zero-order valence-electron chi connectivity index (χ0n) is 11.4. The zero-order valence-corrected chi connectivity index (χ0v) is 11.4. The van der Waals surface area contributed by atoms with E-state index in [0.717, 1.165) is 6.42 Å². The van der Waals surface area contributed by atoms with Gasteiger partial charge in [-0.2, -0.15) is 0 Å². The van der Waals surface area contributed by atoms with E-state index in [0.29, 0.717) is 6.54 Å². The third-order valence-electron chi connectivity index (χ3n) is 2.57. The van der Waals surface area contributed by atoms with Crippen molar-refractivity contribution in [1.82, 2.24) is 9.80 Å². The molecule has 0 radical (unpaired) electrons. The van der Waals surface area contributed by atoms with Gasteiger partial charge in [0.15, 0.2) is 0 Å². The van der Waals surface area contributed by atoms with Gasteiger partial charge in [0.2, 0.25) is 5.91 Å². The van der Waals surface area contributed by atoms with Crippen molar-refractivity contribution in [3.63, 3.8) is 0 Å². The van der Waals surface area contributed by atoms with E-state index in [-0.39, 0.29) is 24.4 Å². The number of carboxylic acids is 1. The average Bonchev–Trinajstić information content (AvgIpc) is 2.14. The standard InChI is InChI=1S/C12H24N2O3/c1-6-7-14(8-10(15)16)12(17)11(9(2)3)13(4)5/h9,11H,6-8H2,1-5H3,(H,15,16)/t11-/m0/s1. The van der Waals surface area contributed by atoms with Gasteiger partial charge in [0.1, 0.15) is 6.54 Å². The van der Waals surface area contributed by atoms with Crippen molar-refractivity contribution in [2.24, 2.45) is 5.92 Å². The van der Waals surface area contributed by atoms with Crippen LogP contribution in [-0.2, 0) is 9.59 Å². The van der Waals surface area contributed by atoms with E-state index in [2.05, 4.69) is 0 Å². The minimum absolute atomic E-state index is 0.103. The molecule has 0 saturated carbocycles. The number of amides is 1. The maximum absolute atomic E-state index is 12.3. The fourth-order valence-electron chi connectivity index (χ4n) is 1.99. The number of hydrogen-bond acceptors (Lipinski definition) is 3. The molecule has 0 aliphatic heterocycles. The molecule has 0 spiro atoms. The molecule has 1 atom stereocenters. The van der Waals surface area contributed by atoms with Crippen LogP contribution < -0.4 is 0 Å². The monoisotopic (exact) mass is 244 g/mol. The number of hydrogen-bond donors (Lipinski definition) is 1. The highest BCUT2D eigenvalue weighted by atomic mass is 16.4. The van der Waals surface area contributed by atoms with E-state index in [9.17, 15) is 9.59 Å². The molecule has 0 aliphatic carbocycles. The predicted octanol–water partition coefficient (Wildman–Crippen LogP) is 0.896. The Kier molecular flexibility index (Phi) is 6.80. The summed E-state index contributed by atoms with van der Waals surface area (Å²) >= 11 is 0. The quantitative estimate of drug-likeness (QED) is 0.722. The highest BCUT2D eigenvalue weighted by Crippen LogP contribution is 2.11. The maximum Gasteiger partial charge on any atom is 0.323 e. The largest absolute Gasteiger partial charge is 0.480 e. The SMILES string of the molecule is CCCN(CC(=O)O)C(=O)[C@H](C(C)C)N(C)C. The fraction of sp³-hybridized carbons (Fsp3) is 0.833. The molecule has 0 heterocycles. The second-order valence-electron chi connectivity index (χ2n) is 4.81. The number of aliphatic carboxylic acids is 1. The molecule has 0 aromatic heterocycles. The predicted molar refractivity (Wildman–Crippen MR) is 66.8 cm³/mol. The van der Waals surface area contributed by atoms with Crippen molar-refractivity contribution in [2.75, 3.05) is 27.2 Å². The topological polar surface area (TPSA) is 60.9 Å². The van der Waals surface area contributed by atoms with E-state index >= 15 is 0 Å². The lowest BCUT2D eigenvalue weighted by atomic mass is 10.0. The van der Waals surface area contributed by atoms with E-state index in [4.69, 9.17) is 5.11 Å². The zero-order chi connectivity index (χ0) is 13.6. The minimum Gasteiger partial charge on any atom is -0.480 e. The summed E-state index contributed by atoms with van der Waals surface area (Å²) in [6.07, 6.45) is 0.761. The molecular formula is C12H24N2O3. The highest BCUT2D eigenvalue weighted by Gasteiger charge is 2.29. The van der Waals surface area contributed by atoms with E-state index in [1.54, 1.807) is 0 Å². The summed E-state index contributed by atoms with van der Waals surface area (Å²) in [4.78, 5) is 26.3. The van der Waals surface area contributed by atoms with Crippen LogP contribution in [0.4, 0.5) is 0 Å². The van der Waals surface area contributed by atoms with Gasteiger partial charge in [0, 0.05) is 6.54 Å². The molecule has 1 N–H and O–H groups in total. The Labute approximate surface area is 103 Å². The number of carbonyl (C=O) groups is 2. The molecule has 17 heavy (non-hydrogen) atoms. The van der Waals surface area contributed by atoms with Crippen LogP contribution in [0, 0.1) is 5.92 Å². The van der Waals surface area contributed by atoms with Gasteiger partial charge in [0.25, 0.3) is 0 Å². The van der Waals surface area contributed by atoms with Crippen molar-refractivity contribution < 1.29 is 14.7 Å². The van der Waals surface area contributed by atoms with Crippen LogP contribution in [0.1, 0.15) is 27.2 Å². The van der Waals surface area contributed by atoms with Crippen LogP contribution >= 0.6 is 0 Å². The summed E-state index contributed by atoms with van der Waals surface area (Å²) in [5, 5.41) is 8.81. The summed E-state index contributed by atoms with van der Waals surface area (Å²) in [5.74, 6) is -0.909. The van der Waals surface area contributed by atoms with Gasteiger partial charge in [0.05, 0.1) is 6.04 Å². The average molecular weight is 244 g/mol. The molecule has 0 rings (SSSR count). The van der Waals surface area contributed by atoms with Gasteiger partial charge in [-0.1, -0.05) is 20.8 Å². The van der Waals surface area contributed by atoms with Crippen molar-refractivity contribution in [1.29, 1.82) is 0 Å². The minimum atomic E-state index is -0.965. The molecule has 0 aromatic carbocycles. The van der Waals surface area contributed by atoms with Gasteiger partial charge in [-0.15, -0.1) is 0 Å². The maximum atomic E-state index is 12.3. The summed E-state index contributed by atoms with van der Waals surface area (Å²) in [6.45, 7) is 6.13. The lowest BCUT2D eigenvalue weighted by molar-refractivity contribution is -0.147. The summed E-state index contributed by atoms with van der Waals surface area (Å²) in [7, 11) is 3.68. The molecular weight excluding hydrogens is 220 g/mol. The van der Waals surface area contributed by atoms with Crippen LogP contribution in [0.3, 0.4) is 0 Å². The Bertz CT molecular complexity index is 256. The van der Waals surface area contributed by atoms with Crippen LogP contribution in [-0.4, -0.2) is 60.0 Å². The van der Waals surface area contributed by atoms with Crippen LogP contribution in [0.25, 0.3) is 0 Å². The molecule has 1 amide bonds. The van der Waals surface area contributed by atoms with Gasteiger partial charge < -0.3 is 10.0 Å². The lowest BCUT2D eigenvalue weighted by Gasteiger charge is -2.32. The second-order valence-corrected chi connectivity index (χ2v) is 4.81. The fourth-order valence-corrected chi connectivity index (χ4v) is 1.99. The summed E-state index contributed by atoms with van der Waals surface area (Å²) < 4.78 is 0. The Morgan fingerprint density at radius 2 is 1.76 bits per heavy atom. The number of nitrogens with zero attached hydrogens (tertiary/aromatic N) is 2. The van der Waals surface area contributed by atoms with Crippen molar-refractivity contribution in [2.45, 2.75) is 33.2 Å². The molecule has 5 nitrogen and oxygen atoms in total. The normalized spacial score (nSPS) is 12.9. The van der Waals surface area contributed by atoms with Crippen molar-refractivity contribution in [3.05, 3.63) is 0 Å². The first kappa shape index (κ1) is 15.9. The highest BCUT2D eigenvalue weighted by molar-refractivity contribution is 5.85. The number of carboxylic acid groups (broad SMARTS) is 1. The number of rotatable bonds is 7. The number of carbonyl (C=O) groups excluding carboxylic acids is 1.